The number of nitrogens with zero attached hydrogens (tertiary/aromatic N) is 3. The van der Waals surface area contributed by atoms with Crippen molar-refractivity contribution in [1.82, 2.24) is 10.1 Å². The van der Waals surface area contributed by atoms with Crippen LogP contribution in [0.25, 0.3) is 0 Å². The van der Waals surface area contributed by atoms with Gasteiger partial charge < -0.3 is 14.7 Å². The Labute approximate surface area is 119 Å². The first kappa shape index (κ1) is 13.0. The van der Waals surface area contributed by atoms with Crippen molar-refractivity contribution in [2.24, 2.45) is 0 Å². The van der Waals surface area contributed by atoms with Crippen LogP contribution in [0.3, 0.4) is 0 Å². The van der Waals surface area contributed by atoms with Gasteiger partial charge in [-0.3, -0.25) is 0 Å². The van der Waals surface area contributed by atoms with Gasteiger partial charge in [0.05, 0.1) is 5.92 Å². The van der Waals surface area contributed by atoms with Gasteiger partial charge in [-0.2, -0.15) is 4.98 Å². The van der Waals surface area contributed by atoms with E-state index in [0.717, 1.165) is 31.9 Å². The Morgan fingerprint density at radius 2 is 2.10 bits per heavy atom. The summed E-state index contributed by atoms with van der Waals surface area (Å²) in [5, 5.41) is 7.54. The fourth-order valence-corrected chi connectivity index (χ4v) is 2.64. The Hall–Kier alpha value is -2.04. The van der Waals surface area contributed by atoms with Gasteiger partial charge in [0, 0.05) is 25.3 Å². The molecule has 3 rings (SSSR count). The number of rotatable bonds is 4. The lowest BCUT2D eigenvalue weighted by molar-refractivity contribution is 0.353. The number of fused-ring (bicyclic) bond motifs is 1. The van der Waals surface area contributed by atoms with Crippen LogP contribution in [0, 0.1) is 0 Å². The molecular formula is C15H20N4O. The highest BCUT2D eigenvalue weighted by molar-refractivity contribution is 5.54. The van der Waals surface area contributed by atoms with Crippen molar-refractivity contribution in [3.05, 3.63) is 35.7 Å². The zero-order valence-corrected chi connectivity index (χ0v) is 12.0. The fraction of sp³-hybridized carbons (Fsp3) is 0.467. The van der Waals surface area contributed by atoms with Crippen LogP contribution in [0.4, 0.5) is 11.6 Å². The lowest BCUT2D eigenvalue weighted by atomic mass is 9.94. The fourth-order valence-electron chi connectivity index (χ4n) is 2.64. The quantitative estimate of drug-likeness (QED) is 0.927. The van der Waals surface area contributed by atoms with Crippen molar-refractivity contribution < 1.29 is 4.52 Å². The molecule has 20 heavy (non-hydrogen) atoms. The maximum absolute atomic E-state index is 5.46. The standard InChI is InChI=1S/C15H20N4O/c1-3-19(4-2)15-17-14(20-18-15)12-9-11-7-5-6-8-13(11)16-10-12/h5-8,12,16H,3-4,9-10H2,1-2H3. The summed E-state index contributed by atoms with van der Waals surface area (Å²) in [6.07, 6.45) is 0.947. The molecule has 106 valence electrons. The van der Waals surface area contributed by atoms with Crippen LogP contribution < -0.4 is 10.2 Å². The van der Waals surface area contributed by atoms with E-state index in [1.165, 1.54) is 11.3 Å². The minimum absolute atomic E-state index is 0.252. The molecule has 0 saturated carbocycles. The predicted octanol–water partition coefficient (Wildman–Crippen LogP) is 2.67. The molecule has 1 aliphatic heterocycles. The van der Waals surface area contributed by atoms with Gasteiger partial charge in [0.25, 0.3) is 5.95 Å². The molecule has 0 bridgehead atoms. The van der Waals surface area contributed by atoms with E-state index in [1.807, 2.05) is 0 Å². The van der Waals surface area contributed by atoms with Crippen LogP contribution in [0.2, 0.25) is 0 Å². The third kappa shape index (κ3) is 2.35. The molecular weight excluding hydrogens is 252 g/mol. The van der Waals surface area contributed by atoms with Gasteiger partial charge in [-0.05, 0) is 37.1 Å². The van der Waals surface area contributed by atoms with Gasteiger partial charge in [0.15, 0.2) is 0 Å². The molecule has 1 aromatic heterocycles. The van der Waals surface area contributed by atoms with Gasteiger partial charge in [0.1, 0.15) is 0 Å². The van der Waals surface area contributed by atoms with E-state index >= 15 is 0 Å². The molecule has 1 aliphatic rings. The highest BCUT2D eigenvalue weighted by atomic mass is 16.5. The highest BCUT2D eigenvalue weighted by Crippen LogP contribution is 2.30. The predicted molar refractivity (Wildman–Crippen MR) is 79.2 cm³/mol. The second-order valence-corrected chi connectivity index (χ2v) is 5.04. The summed E-state index contributed by atoms with van der Waals surface area (Å²) in [4.78, 5) is 6.65. The minimum Gasteiger partial charge on any atom is -0.384 e. The van der Waals surface area contributed by atoms with E-state index in [4.69, 9.17) is 4.52 Å². The maximum atomic E-state index is 5.46. The number of anilines is 2. The molecule has 5 nitrogen and oxygen atoms in total. The summed E-state index contributed by atoms with van der Waals surface area (Å²) in [6, 6.07) is 8.38. The largest absolute Gasteiger partial charge is 0.384 e. The summed E-state index contributed by atoms with van der Waals surface area (Å²) < 4.78 is 5.46. The lowest BCUT2D eigenvalue weighted by Crippen LogP contribution is -2.24. The number of benzene rings is 1. The molecule has 5 heteroatoms. The first-order valence-electron chi connectivity index (χ1n) is 7.22. The Kier molecular flexibility index (Phi) is 3.58. The van der Waals surface area contributed by atoms with Crippen LogP contribution in [0.5, 0.6) is 0 Å². The van der Waals surface area contributed by atoms with Crippen molar-refractivity contribution in [3.63, 3.8) is 0 Å². The van der Waals surface area contributed by atoms with Gasteiger partial charge in [0.2, 0.25) is 5.89 Å². The van der Waals surface area contributed by atoms with Gasteiger partial charge >= 0.3 is 0 Å². The minimum atomic E-state index is 0.252. The van der Waals surface area contributed by atoms with E-state index in [0.29, 0.717) is 5.95 Å². The molecule has 0 radical (unpaired) electrons. The summed E-state index contributed by atoms with van der Waals surface area (Å²) >= 11 is 0. The Balaban J connectivity index is 1.78. The second kappa shape index (κ2) is 5.53. The van der Waals surface area contributed by atoms with Gasteiger partial charge in [-0.1, -0.05) is 18.2 Å². The van der Waals surface area contributed by atoms with Gasteiger partial charge in [-0.15, -0.1) is 0 Å². The highest BCUT2D eigenvalue weighted by Gasteiger charge is 2.25. The number of para-hydroxylation sites is 1. The molecule has 0 spiro atoms. The molecule has 1 N–H and O–H groups in total. The number of hydrogen-bond acceptors (Lipinski definition) is 5. The SMILES string of the molecule is CCN(CC)c1noc(C2CNc3ccccc3C2)n1. The smallest absolute Gasteiger partial charge is 0.266 e. The van der Waals surface area contributed by atoms with E-state index in [-0.39, 0.29) is 5.92 Å². The third-order valence-corrected chi connectivity index (χ3v) is 3.85. The monoisotopic (exact) mass is 272 g/mol. The lowest BCUT2D eigenvalue weighted by Gasteiger charge is -2.23. The molecule has 1 atom stereocenters. The molecule has 2 heterocycles. The first-order valence-corrected chi connectivity index (χ1v) is 7.22. The summed E-state index contributed by atoms with van der Waals surface area (Å²) in [5.74, 6) is 1.68. The van der Waals surface area contributed by atoms with Crippen LogP contribution in [0.1, 0.15) is 31.2 Å². The van der Waals surface area contributed by atoms with Crippen LogP contribution in [-0.4, -0.2) is 29.8 Å². The van der Waals surface area contributed by atoms with Crippen LogP contribution >= 0.6 is 0 Å². The second-order valence-electron chi connectivity index (χ2n) is 5.04. The van der Waals surface area contributed by atoms with Gasteiger partial charge in [-0.25, -0.2) is 0 Å². The first-order chi connectivity index (χ1) is 9.81. The van der Waals surface area contributed by atoms with E-state index < -0.39 is 0 Å². The molecule has 0 saturated heterocycles. The summed E-state index contributed by atoms with van der Waals surface area (Å²) in [5.41, 5.74) is 2.53. The van der Waals surface area contributed by atoms with E-state index in [1.54, 1.807) is 0 Å². The number of aromatic nitrogens is 2. The van der Waals surface area contributed by atoms with Crippen LogP contribution in [0.15, 0.2) is 28.8 Å². The Bertz CT molecular complexity index is 577. The molecule has 2 aromatic rings. The van der Waals surface area contributed by atoms with E-state index in [9.17, 15) is 0 Å². The van der Waals surface area contributed by atoms with Crippen LogP contribution in [-0.2, 0) is 6.42 Å². The molecule has 1 aromatic carbocycles. The number of nitrogens with one attached hydrogen (secondary N) is 1. The average molecular weight is 272 g/mol. The molecule has 1 unspecified atom stereocenters. The number of hydrogen-bond donors (Lipinski definition) is 1. The Morgan fingerprint density at radius 3 is 2.90 bits per heavy atom. The molecule has 0 aliphatic carbocycles. The molecule has 0 amide bonds. The van der Waals surface area contributed by atoms with Crippen molar-refractivity contribution in [2.75, 3.05) is 29.9 Å². The zero-order chi connectivity index (χ0) is 13.9. The maximum Gasteiger partial charge on any atom is 0.266 e. The topological polar surface area (TPSA) is 54.2 Å². The van der Waals surface area contributed by atoms with Crippen molar-refractivity contribution in [2.45, 2.75) is 26.2 Å². The third-order valence-electron chi connectivity index (χ3n) is 3.85. The average Bonchev–Trinajstić information content (AvgIpc) is 2.98. The van der Waals surface area contributed by atoms with Crippen molar-refractivity contribution >= 4 is 11.6 Å². The zero-order valence-electron chi connectivity index (χ0n) is 12.0. The van der Waals surface area contributed by atoms with E-state index in [2.05, 4.69) is 58.5 Å². The normalized spacial score (nSPS) is 17.4. The Morgan fingerprint density at radius 1 is 1.30 bits per heavy atom. The summed E-state index contributed by atoms with van der Waals surface area (Å²) in [6.45, 7) is 6.81. The van der Waals surface area contributed by atoms with Crippen molar-refractivity contribution in [1.29, 1.82) is 0 Å². The summed E-state index contributed by atoms with van der Waals surface area (Å²) in [7, 11) is 0. The van der Waals surface area contributed by atoms with Crippen molar-refractivity contribution in [3.8, 4) is 0 Å². The molecule has 0 fully saturated rings.